The van der Waals surface area contributed by atoms with Crippen LogP contribution in [0.1, 0.15) is 25.7 Å². The van der Waals surface area contributed by atoms with Crippen molar-refractivity contribution < 1.29 is 8.42 Å². The molecule has 4 nitrogen and oxygen atoms in total. The molecular weight excluding hydrogens is 308 g/mol. The van der Waals surface area contributed by atoms with Gasteiger partial charge in [-0.2, -0.15) is 4.31 Å². The molecule has 0 aliphatic carbocycles. The lowest BCUT2D eigenvalue weighted by atomic mass is 10.2. The fraction of sp³-hybridized carbons (Fsp3) is 0.600. The van der Waals surface area contributed by atoms with Crippen molar-refractivity contribution in [1.82, 2.24) is 9.21 Å². The summed E-state index contributed by atoms with van der Waals surface area (Å²) in [6.45, 7) is 3.70. The smallest absolute Gasteiger partial charge is 0.243 e. The van der Waals surface area contributed by atoms with Gasteiger partial charge in [-0.15, -0.1) is 0 Å². The lowest BCUT2D eigenvalue weighted by Crippen LogP contribution is -2.42. The number of hydrogen-bond donors (Lipinski definition) is 0. The lowest BCUT2D eigenvalue weighted by Gasteiger charge is -2.27. The average Bonchev–Trinajstić information content (AvgIpc) is 3.11. The van der Waals surface area contributed by atoms with E-state index in [0.29, 0.717) is 16.5 Å². The molecule has 0 spiro atoms. The molecule has 0 unspecified atom stereocenters. The van der Waals surface area contributed by atoms with Gasteiger partial charge in [-0.25, -0.2) is 8.42 Å². The van der Waals surface area contributed by atoms with Gasteiger partial charge in [0.15, 0.2) is 0 Å². The first-order valence-electron chi connectivity index (χ1n) is 7.57. The largest absolute Gasteiger partial charge is 0.302 e. The van der Waals surface area contributed by atoms with Crippen molar-refractivity contribution in [3.63, 3.8) is 0 Å². The van der Waals surface area contributed by atoms with E-state index in [-0.39, 0.29) is 6.04 Å². The van der Waals surface area contributed by atoms with E-state index in [4.69, 9.17) is 11.6 Å². The van der Waals surface area contributed by atoms with E-state index in [2.05, 4.69) is 4.90 Å². The first kappa shape index (κ1) is 15.3. The van der Waals surface area contributed by atoms with E-state index in [1.165, 1.54) is 12.8 Å². The van der Waals surface area contributed by atoms with Crippen molar-refractivity contribution >= 4 is 21.6 Å². The van der Waals surface area contributed by atoms with Crippen LogP contribution in [-0.4, -0.2) is 49.8 Å². The summed E-state index contributed by atoms with van der Waals surface area (Å²) in [6, 6.07) is 6.59. The molecule has 21 heavy (non-hydrogen) atoms. The summed E-state index contributed by atoms with van der Waals surface area (Å²) in [5, 5.41) is 0.559. The maximum absolute atomic E-state index is 12.8. The standard InChI is InChI=1S/C15H21ClN2O2S/c16-13-5-7-15(8-6-13)21(19,20)18-11-3-4-14(18)12-17-9-1-2-10-17/h5-8,14H,1-4,9-12H2/t14-/m0/s1. The normalized spacial score (nSPS) is 24.7. The number of rotatable bonds is 4. The molecule has 6 heteroatoms. The molecule has 0 aromatic heterocycles. The van der Waals surface area contributed by atoms with E-state index in [1.54, 1.807) is 28.6 Å². The Bertz CT molecular complexity index is 582. The third-order valence-electron chi connectivity index (χ3n) is 4.41. The number of halogens is 1. The molecule has 1 aromatic rings. The van der Waals surface area contributed by atoms with Crippen LogP contribution in [0.3, 0.4) is 0 Å². The number of hydrogen-bond acceptors (Lipinski definition) is 3. The Kier molecular flexibility index (Phi) is 4.54. The van der Waals surface area contributed by atoms with Gasteiger partial charge < -0.3 is 4.90 Å². The van der Waals surface area contributed by atoms with Gasteiger partial charge in [0.2, 0.25) is 10.0 Å². The molecule has 2 aliphatic heterocycles. The molecule has 3 rings (SSSR count). The second-order valence-corrected chi connectivity index (χ2v) is 8.20. The average molecular weight is 329 g/mol. The van der Waals surface area contributed by atoms with E-state index in [9.17, 15) is 8.42 Å². The first-order valence-corrected chi connectivity index (χ1v) is 9.39. The van der Waals surface area contributed by atoms with E-state index < -0.39 is 10.0 Å². The molecular formula is C15H21ClN2O2S. The van der Waals surface area contributed by atoms with Gasteiger partial charge in [-0.05, 0) is 63.0 Å². The summed E-state index contributed by atoms with van der Waals surface area (Å²) in [6.07, 6.45) is 4.38. The fourth-order valence-electron chi connectivity index (χ4n) is 3.31. The molecule has 116 valence electrons. The van der Waals surface area contributed by atoms with Gasteiger partial charge in [0.05, 0.1) is 4.90 Å². The second kappa shape index (κ2) is 6.24. The molecule has 2 saturated heterocycles. The zero-order valence-corrected chi connectivity index (χ0v) is 13.6. The quantitative estimate of drug-likeness (QED) is 0.853. The lowest BCUT2D eigenvalue weighted by molar-refractivity contribution is 0.257. The molecule has 0 amide bonds. The van der Waals surface area contributed by atoms with Crippen molar-refractivity contribution in [3.8, 4) is 0 Å². The molecule has 1 aromatic carbocycles. The predicted octanol–water partition coefficient (Wildman–Crippen LogP) is 2.59. The monoisotopic (exact) mass is 328 g/mol. The first-order chi connectivity index (χ1) is 10.1. The Hall–Kier alpha value is -0.620. The molecule has 0 bridgehead atoms. The molecule has 2 fully saturated rings. The Labute approximate surface area is 131 Å². The number of benzene rings is 1. The highest BCUT2D eigenvalue weighted by molar-refractivity contribution is 7.89. The summed E-state index contributed by atoms with van der Waals surface area (Å²) < 4.78 is 27.3. The van der Waals surface area contributed by atoms with Crippen molar-refractivity contribution in [2.24, 2.45) is 0 Å². The molecule has 2 heterocycles. The minimum absolute atomic E-state index is 0.115. The van der Waals surface area contributed by atoms with Crippen molar-refractivity contribution in [2.45, 2.75) is 36.6 Å². The van der Waals surface area contributed by atoms with Crippen LogP contribution in [-0.2, 0) is 10.0 Å². The maximum Gasteiger partial charge on any atom is 0.243 e. The van der Waals surface area contributed by atoms with Crippen molar-refractivity contribution in [1.29, 1.82) is 0 Å². The van der Waals surface area contributed by atoms with Gasteiger partial charge in [-0.3, -0.25) is 0 Å². The third-order valence-corrected chi connectivity index (χ3v) is 6.63. The highest BCUT2D eigenvalue weighted by atomic mass is 35.5. The summed E-state index contributed by atoms with van der Waals surface area (Å²) in [5.41, 5.74) is 0. The molecule has 0 N–H and O–H groups in total. The molecule has 0 radical (unpaired) electrons. The van der Waals surface area contributed by atoms with Crippen LogP contribution in [0, 0.1) is 0 Å². The van der Waals surface area contributed by atoms with E-state index in [0.717, 1.165) is 32.5 Å². The third kappa shape index (κ3) is 3.26. The minimum atomic E-state index is -3.40. The number of nitrogens with zero attached hydrogens (tertiary/aromatic N) is 2. The van der Waals surface area contributed by atoms with Gasteiger partial charge in [-0.1, -0.05) is 11.6 Å². The SMILES string of the molecule is O=S(=O)(c1ccc(Cl)cc1)N1CCC[C@H]1CN1CCCC1. The Morgan fingerprint density at radius 2 is 1.71 bits per heavy atom. The van der Waals surface area contributed by atoms with Gasteiger partial charge in [0.1, 0.15) is 0 Å². The van der Waals surface area contributed by atoms with Crippen LogP contribution in [0.4, 0.5) is 0 Å². The van der Waals surface area contributed by atoms with Crippen molar-refractivity contribution in [2.75, 3.05) is 26.2 Å². The molecule has 0 saturated carbocycles. The summed E-state index contributed by atoms with van der Waals surface area (Å²) in [4.78, 5) is 2.74. The zero-order chi connectivity index (χ0) is 14.9. The van der Waals surface area contributed by atoms with Crippen LogP contribution in [0.25, 0.3) is 0 Å². The second-order valence-electron chi connectivity index (χ2n) is 5.87. The minimum Gasteiger partial charge on any atom is -0.302 e. The highest BCUT2D eigenvalue weighted by Crippen LogP contribution is 2.28. The van der Waals surface area contributed by atoms with Crippen LogP contribution in [0.15, 0.2) is 29.2 Å². The summed E-state index contributed by atoms with van der Waals surface area (Å²) >= 11 is 5.85. The van der Waals surface area contributed by atoms with Crippen LogP contribution < -0.4 is 0 Å². The summed E-state index contributed by atoms with van der Waals surface area (Å²) in [7, 11) is -3.40. The van der Waals surface area contributed by atoms with Crippen LogP contribution >= 0.6 is 11.6 Å². The summed E-state index contributed by atoms with van der Waals surface area (Å²) in [5.74, 6) is 0. The Balaban J connectivity index is 1.78. The predicted molar refractivity (Wildman–Crippen MR) is 84.0 cm³/mol. The number of likely N-dealkylation sites (tertiary alicyclic amines) is 1. The van der Waals surface area contributed by atoms with E-state index >= 15 is 0 Å². The number of sulfonamides is 1. The molecule has 1 atom stereocenters. The van der Waals surface area contributed by atoms with Crippen molar-refractivity contribution in [3.05, 3.63) is 29.3 Å². The fourth-order valence-corrected chi connectivity index (χ4v) is 5.12. The zero-order valence-electron chi connectivity index (χ0n) is 12.0. The Morgan fingerprint density at radius 1 is 1.05 bits per heavy atom. The van der Waals surface area contributed by atoms with E-state index in [1.807, 2.05) is 0 Å². The van der Waals surface area contributed by atoms with Crippen LogP contribution in [0.5, 0.6) is 0 Å². The highest BCUT2D eigenvalue weighted by Gasteiger charge is 2.36. The molecule has 2 aliphatic rings. The topological polar surface area (TPSA) is 40.6 Å². The maximum atomic E-state index is 12.8. The van der Waals surface area contributed by atoms with Crippen LogP contribution in [0.2, 0.25) is 5.02 Å². The van der Waals surface area contributed by atoms with Gasteiger partial charge >= 0.3 is 0 Å². The Morgan fingerprint density at radius 3 is 2.38 bits per heavy atom. The van der Waals surface area contributed by atoms with Gasteiger partial charge in [0, 0.05) is 24.2 Å². The van der Waals surface area contributed by atoms with Gasteiger partial charge in [0.25, 0.3) is 0 Å².